The molecule has 9 heteroatoms. The standard InChI is InChI=1S/C18H24N6O2S/c1-5-23(6-2)27(25,26)16-9-7-15(8-10-16)13(3)19-17-11-12-18-21-20-14(4)24(18)22-17/h7-13H,5-6H2,1-4H3,(H,19,22). The number of sulfonamides is 1. The first kappa shape index (κ1) is 19.2. The molecule has 144 valence electrons. The molecule has 0 saturated carbocycles. The van der Waals surface area contributed by atoms with Crippen LogP contribution in [0.2, 0.25) is 0 Å². The van der Waals surface area contributed by atoms with E-state index in [0.29, 0.717) is 35.3 Å². The fraction of sp³-hybridized carbons (Fsp3) is 0.389. The van der Waals surface area contributed by atoms with Crippen molar-refractivity contribution in [2.75, 3.05) is 18.4 Å². The zero-order valence-electron chi connectivity index (χ0n) is 15.9. The summed E-state index contributed by atoms with van der Waals surface area (Å²) in [5.74, 6) is 1.41. The summed E-state index contributed by atoms with van der Waals surface area (Å²) in [5.41, 5.74) is 1.66. The van der Waals surface area contributed by atoms with Crippen molar-refractivity contribution in [3.05, 3.63) is 47.8 Å². The summed E-state index contributed by atoms with van der Waals surface area (Å²) >= 11 is 0. The Hall–Kier alpha value is -2.52. The second-order valence-electron chi connectivity index (χ2n) is 6.26. The Kier molecular flexibility index (Phi) is 5.43. The van der Waals surface area contributed by atoms with E-state index in [2.05, 4.69) is 20.6 Å². The van der Waals surface area contributed by atoms with Gasteiger partial charge in [0.05, 0.1) is 4.90 Å². The van der Waals surface area contributed by atoms with Crippen LogP contribution in [-0.4, -0.2) is 45.6 Å². The lowest BCUT2D eigenvalue weighted by Crippen LogP contribution is -2.30. The molecule has 3 rings (SSSR count). The van der Waals surface area contributed by atoms with Gasteiger partial charge < -0.3 is 5.32 Å². The van der Waals surface area contributed by atoms with Crippen molar-refractivity contribution in [2.24, 2.45) is 0 Å². The predicted molar refractivity (Wildman–Crippen MR) is 104 cm³/mol. The molecule has 0 bridgehead atoms. The zero-order valence-corrected chi connectivity index (χ0v) is 16.7. The van der Waals surface area contributed by atoms with Gasteiger partial charge in [0, 0.05) is 19.1 Å². The topological polar surface area (TPSA) is 92.5 Å². The SMILES string of the molecule is CCN(CC)S(=O)(=O)c1ccc(C(C)Nc2ccc3nnc(C)n3n2)cc1. The molecule has 27 heavy (non-hydrogen) atoms. The average Bonchev–Trinajstić information content (AvgIpc) is 3.03. The Morgan fingerprint density at radius 2 is 1.74 bits per heavy atom. The second-order valence-corrected chi connectivity index (χ2v) is 8.20. The Balaban J connectivity index is 1.78. The number of aryl methyl sites for hydroxylation is 1. The van der Waals surface area contributed by atoms with Crippen LogP contribution < -0.4 is 5.32 Å². The highest BCUT2D eigenvalue weighted by molar-refractivity contribution is 7.89. The number of nitrogens with zero attached hydrogens (tertiary/aromatic N) is 5. The number of fused-ring (bicyclic) bond motifs is 1. The molecule has 1 aromatic carbocycles. The lowest BCUT2D eigenvalue weighted by Gasteiger charge is -2.19. The van der Waals surface area contributed by atoms with Gasteiger partial charge in [-0.3, -0.25) is 0 Å². The largest absolute Gasteiger partial charge is 0.362 e. The summed E-state index contributed by atoms with van der Waals surface area (Å²) in [6, 6.07) is 10.6. The van der Waals surface area contributed by atoms with Crippen LogP contribution in [-0.2, 0) is 10.0 Å². The smallest absolute Gasteiger partial charge is 0.243 e. The van der Waals surface area contributed by atoms with E-state index in [1.165, 1.54) is 4.31 Å². The van der Waals surface area contributed by atoms with E-state index in [0.717, 1.165) is 5.56 Å². The van der Waals surface area contributed by atoms with Crippen LogP contribution in [0.5, 0.6) is 0 Å². The van der Waals surface area contributed by atoms with E-state index >= 15 is 0 Å². The van der Waals surface area contributed by atoms with Gasteiger partial charge >= 0.3 is 0 Å². The molecule has 0 aliphatic heterocycles. The molecule has 0 saturated heterocycles. The van der Waals surface area contributed by atoms with E-state index < -0.39 is 10.0 Å². The Morgan fingerprint density at radius 1 is 1.07 bits per heavy atom. The van der Waals surface area contributed by atoms with Crippen molar-refractivity contribution < 1.29 is 8.42 Å². The minimum Gasteiger partial charge on any atom is -0.362 e. The summed E-state index contributed by atoms with van der Waals surface area (Å²) in [4.78, 5) is 0.307. The van der Waals surface area contributed by atoms with Gasteiger partial charge in [0.2, 0.25) is 10.0 Å². The van der Waals surface area contributed by atoms with Crippen molar-refractivity contribution in [3.8, 4) is 0 Å². The molecule has 0 aliphatic rings. The molecule has 0 aliphatic carbocycles. The maximum Gasteiger partial charge on any atom is 0.243 e. The third kappa shape index (κ3) is 3.79. The van der Waals surface area contributed by atoms with Gasteiger partial charge in [-0.25, -0.2) is 8.42 Å². The molecular formula is C18H24N6O2S. The van der Waals surface area contributed by atoms with E-state index in [9.17, 15) is 8.42 Å². The fourth-order valence-corrected chi connectivity index (χ4v) is 4.38. The summed E-state index contributed by atoms with van der Waals surface area (Å²) in [6.07, 6.45) is 0. The van der Waals surface area contributed by atoms with Crippen LogP contribution in [0, 0.1) is 6.92 Å². The van der Waals surface area contributed by atoms with Crippen molar-refractivity contribution in [1.29, 1.82) is 0 Å². The van der Waals surface area contributed by atoms with E-state index in [-0.39, 0.29) is 6.04 Å². The molecule has 2 heterocycles. The molecule has 0 amide bonds. The maximum absolute atomic E-state index is 12.6. The number of hydrogen-bond acceptors (Lipinski definition) is 6. The number of anilines is 1. The molecule has 2 aromatic heterocycles. The van der Waals surface area contributed by atoms with Gasteiger partial charge in [-0.05, 0) is 43.7 Å². The van der Waals surface area contributed by atoms with Gasteiger partial charge in [-0.15, -0.1) is 15.3 Å². The summed E-state index contributed by atoms with van der Waals surface area (Å²) < 4.78 is 28.3. The highest BCUT2D eigenvalue weighted by Gasteiger charge is 2.21. The number of rotatable bonds is 7. The molecule has 3 aromatic rings. The Morgan fingerprint density at radius 3 is 2.37 bits per heavy atom. The minimum atomic E-state index is -3.44. The first-order chi connectivity index (χ1) is 12.9. The molecule has 8 nitrogen and oxygen atoms in total. The van der Waals surface area contributed by atoms with Crippen molar-refractivity contribution in [1.82, 2.24) is 24.1 Å². The van der Waals surface area contributed by atoms with Gasteiger partial charge in [0.1, 0.15) is 5.82 Å². The lowest BCUT2D eigenvalue weighted by atomic mass is 10.1. The highest BCUT2D eigenvalue weighted by Crippen LogP contribution is 2.22. The molecule has 1 atom stereocenters. The number of nitrogens with one attached hydrogen (secondary N) is 1. The zero-order chi connectivity index (χ0) is 19.6. The quantitative estimate of drug-likeness (QED) is 0.669. The molecule has 0 fully saturated rings. The van der Waals surface area contributed by atoms with Crippen LogP contribution in [0.4, 0.5) is 5.82 Å². The van der Waals surface area contributed by atoms with Crippen LogP contribution in [0.15, 0.2) is 41.3 Å². The van der Waals surface area contributed by atoms with E-state index in [1.54, 1.807) is 16.6 Å². The second kappa shape index (κ2) is 7.61. The maximum atomic E-state index is 12.6. The normalized spacial score (nSPS) is 13.2. The number of benzene rings is 1. The average molecular weight is 388 g/mol. The molecule has 0 radical (unpaired) electrons. The Labute approximate surface area is 159 Å². The monoisotopic (exact) mass is 388 g/mol. The van der Waals surface area contributed by atoms with Crippen LogP contribution >= 0.6 is 0 Å². The molecule has 0 spiro atoms. The molecule has 1 N–H and O–H groups in total. The third-order valence-corrected chi connectivity index (χ3v) is 6.57. The predicted octanol–water partition coefficient (Wildman–Crippen LogP) is 2.64. The molecular weight excluding hydrogens is 364 g/mol. The van der Waals surface area contributed by atoms with Crippen LogP contribution in [0.25, 0.3) is 5.65 Å². The van der Waals surface area contributed by atoms with Crippen LogP contribution in [0.3, 0.4) is 0 Å². The van der Waals surface area contributed by atoms with E-state index in [4.69, 9.17) is 0 Å². The van der Waals surface area contributed by atoms with Gasteiger partial charge in [0.15, 0.2) is 11.5 Å². The summed E-state index contributed by atoms with van der Waals surface area (Å²) in [7, 11) is -3.44. The van der Waals surface area contributed by atoms with Gasteiger partial charge in [-0.2, -0.15) is 8.82 Å². The van der Waals surface area contributed by atoms with Crippen LogP contribution in [0.1, 0.15) is 38.2 Å². The number of aromatic nitrogens is 4. The van der Waals surface area contributed by atoms with Gasteiger partial charge in [0.25, 0.3) is 0 Å². The first-order valence-electron chi connectivity index (χ1n) is 8.92. The number of hydrogen-bond donors (Lipinski definition) is 1. The Bertz CT molecular complexity index is 1030. The van der Waals surface area contributed by atoms with E-state index in [1.807, 2.05) is 52.0 Å². The van der Waals surface area contributed by atoms with Crippen molar-refractivity contribution >= 4 is 21.5 Å². The summed E-state index contributed by atoms with van der Waals surface area (Å²) in [6.45, 7) is 8.42. The third-order valence-electron chi connectivity index (χ3n) is 4.51. The van der Waals surface area contributed by atoms with Crippen molar-refractivity contribution in [2.45, 2.75) is 38.6 Å². The van der Waals surface area contributed by atoms with Crippen molar-refractivity contribution in [3.63, 3.8) is 0 Å². The van der Waals surface area contributed by atoms with Gasteiger partial charge in [-0.1, -0.05) is 26.0 Å². The lowest BCUT2D eigenvalue weighted by molar-refractivity contribution is 0.445. The fourth-order valence-electron chi connectivity index (χ4n) is 2.92. The summed E-state index contributed by atoms with van der Waals surface area (Å²) in [5, 5.41) is 15.8. The highest BCUT2D eigenvalue weighted by atomic mass is 32.2. The first-order valence-corrected chi connectivity index (χ1v) is 10.4. The molecule has 1 unspecified atom stereocenters. The minimum absolute atomic E-state index is 0.0445.